The van der Waals surface area contributed by atoms with Crippen LogP contribution in [-0.4, -0.2) is 53.3 Å². The molecule has 6 nitrogen and oxygen atoms in total. The van der Waals surface area contributed by atoms with E-state index in [1.165, 1.54) is 0 Å². The van der Waals surface area contributed by atoms with Gasteiger partial charge in [0.1, 0.15) is 0 Å². The summed E-state index contributed by atoms with van der Waals surface area (Å²) in [5, 5.41) is 0. The molecule has 1 aliphatic rings. The fourth-order valence-corrected chi connectivity index (χ4v) is 2.16. The quantitative estimate of drug-likeness (QED) is 0.765. The number of amides is 2. The molecule has 1 saturated heterocycles. The van der Waals surface area contributed by atoms with Crippen molar-refractivity contribution in [2.75, 3.05) is 26.2 Å². The summed E-state index contributed by atoms with van der Waals surface area (Å²) < 4.78 is 5.46. The molecule has 2 heterocycles. The number of aromatic nitrogens is 1. The monoisotopic (exact) mass is 265 g/mol. The molecule has 0 aliphatic carbocycles. The predicted molar refractivity (Wildman–Crippen MR) is 68.9 cm³/mol. The van der Waals surface area contributed by atoms with E-state index in [2.05, 4.69) is 4.98 Å². The Balaban J connectivity index is 2.14. The van der Waals surface area contributed by atoms with Gasteiger partial charge in [-0.2, -0.15) is 0 Å². The van der Waals surface area contributed by atoms with E-state index in [0.717, 1.165) is 6.41 Å². The minimum Gasteiger partial charge on any atom is -0.436 e. The van der Waals surface area contributed by atoms with Gasteiger partial charge < -0.3 is 14.2 Å². The maximum Gasteiger partial charge on any atom is 0.291 e. The highest BCUT2D eigenvalue weighted by Gasteiger charge is 2.28. The summed E-state index contributed by atoms with van der Waals surface area (Å²) in [6.45, 7) is 7.92. The number of carbonyl (C=O) groups is 2. The fraction of sp³-hybridized carbons (Fsp3) is 0.615. The number of piperazine rings is 1. The summed E-state index contributed by atoms with van der Waals surface area (Å²) in [6.07, 6.45) is 0.819. The Bertz CT molecular complexity index is 473. The van der Waals surface area contributed by atoms with Gasteiger partial charge in [-0.15, -0.1) is 0 Å². The molecule has 0 spiro atoms. The van der Waals surface area contributed by atoms with E-state index in [-0.39, 0.29) is 11.8 Å². The van der Waals surface area contributed by atoms with Crippen molar-refractivity contribution >= 4 is 12.3 Å². The van der Waals surface area contributed by atoms with E-state index in [1.54, 1.807) is 16.7 Å². The minimum atomic E-state index is -0.130. The molecule has 2 rings (SSSR count). The highest BCUT2D eigenvalue weighted by molar-refractivity contribution is 5.92. The van der Waals surface area contributed by atoms with Crippen molar-refractivity contribution < 1.29 is 14.0 Å². The zero-order valence-electron chi connectivity index (χ0n) is 11.5. The molecule has 1 aliphatic heterocycles. The van der Waals surface area contributed by atoms with Crippen molar-refractivity contribution in [3.8, 4) is 0 Å². The van der Waals surface area contributed by atoms with Crippen LogP contribution in [0.4, 0.5) is 0 Å². The van der Waals surface area contributed by atoms with Crippen LogP contribution in [0.5, 0.6) is 0 Å². The smallest absolute Gasteiger partial charge is 0.291 e. The van der Waals surface area contributed by atoms with E-state index in [1.807, 2.05) is 13.8 Å². The van der Waals surface area contributed by atoms with Crippen LogP contribution in [0.2, 0.25) is 0 Å². The standard InChI is InChI=1S/C13H19N3O3/c1-9(2)11-12(19-10(3)14-11)13(18)16-6-4-15(8-17)5-7-16/h8-9H,4-7H2,1-3H3. The van der Waals surface area contributed by atoms with Crippen molar-refractivity contribution in [2.45, 2.75) is 26.7 Å². The largest absolute Gasteiger partial charge is 0.436 e. The van der Waals surface area contributed by atoms with Crippen molar-refractivity contribution in [2.24, 2.45) is 0 Å². The van der Waals surface area contributed by atoms with Crippen LogP contribution in [0.3, 0.4) is 0 Å². The van der Waals surface area contributed by atoms with Crippen LogP contribution in [0.15, 0.2) is 4.42 Å². The van der Waals surface area contributed by atoms with Gasteiger partial charge in [0.2, 0.25) is 12.2 Å². The van der Waals surface area contributed by atoms with Crippen LogP contribution >= 0.6 is 0 Å². The lowest BCUT2D eigenvalue weighted by molar-refractivity contribution is -0.119. The summed E-state index contributed by atoms with van der Waals surface area (Å²) in [5.41, 5.74) is 0.709. The minimum absolute atomic E-state index is 0.130. The maximum absolute atomic E-state index is 12.4. The number of aryl methyl sites for hydroxylation is 1. The average molecular weight is 265 g/mol. The third-order valence-corrected chi connectivity index (χ3v) is 3.25. The average Bonchev–Trinajstić information content (AvgIpc) is 2.80. The van der Waals surface area contributed by atoms with Crippen molar-refractivity contribution in [1.29, 1.82) is 0 Å². The molecule has 0 N–H and O–H groups in total. The van der Waals surface area contributed by atoms with Gasteiger partial charge >= 0.3 is 0 Å². The molecule has 1 aromatic heterocycles. The lowest BCUT2D eigenvalue weighted by Gasteiger charge is -2.32. The van der Waals surface area contributed by atoms with Crippen molar-refractivity contribution in [3.63, 3.8) is 0 Å². The van der Waals surface area contributed by atoms with Crippen LogP contribution < -0.4 is 0 Å². The molecule has 0 atom stereocenters. The van der Waals surface area contributed by atoms with Gasteiger partial charge in [-0.1, -0.05) is 13.8 Å². The molecule has 19 heavy (non-hydrogen) atoms. The lowest BCUT2D eigenvalue weighted by Crippen LogP contribution is -2.48. The summed E-state index contributed by atoms with van der Waals surface area (Å²) in [7, 11) is 0. The van der Waals surface area contributed by atoms with Crippen molar-refractivity contribution in [1.82, 2.24) is 14.8 Å². The Hall–Kier alpha value is -1.85. The van der Waals surface area contributed by atoms with Gasteiger partial charge in [-0.05, 0) is 5.92 Å². The van der Waals surface area contributed by atoms with Gasteiger partial charge in [0.05, 0.1) is 5.69 Å². The van der Waals surface area contributed by atoms with Gasteiger partial charge in [-0.25, -0.2) is 4.98 Å². The highest BCUT2D eigenvalue weighted by atomic mass is 16.4. The summed E-state index contributed by atoms with van der Waals surface area (Å²) in [6, 6.07) is 0. The van der Waals surface area contributed by atoms with E-state index in [9.17, 15) is 9.59 Å². The van der Waals surface area contributed by atoms with Crippen LogP contribution in [0.1, 0.15) is 41.9 Å². The van der Waals surface area contributed by atoms with Crippen molar-refractivity contribution in [3.05, 3.63) is 17.3 Å². The topological polar surface area (TPSA) is 66.7 Å². The summed E-state index contributed by atoms with van der Waals surface area (Å²) in [4.78, 5) is 30.7. The molecule has 2 amide bonds. The molecule has 0 unspecified atom stereocenters. The van der Waals surface area contributed by atoms with Crippen LogP contribution in [-0.2, 0) is 4.79 Å². The zero-order valence-corrected chi connectivity index (χ0v) is 11.5. The van der Waals surface area contributed by atoms with Crippen LogP contribution in [0, 0.1) is 6.92 Å². The Kier molecular flexibility index (Phi) is 3.87. The van der Waals surface area contributed by atoms with E-state index >= 15 is 0 Å². The van der Waals surface area contributed by atoms with Gasteiger partial charge in [0, 0.05) is 33.1 Å². The second-order valence-electron chi connectivity index (χ2n) is 5.04. The SMILES string of the molecule is Cc1nc(C(C)C)c(C(=O)N2CCN(C=O)CC2)o1. The molecule has 0 saturated carbocycles. The Morgan fingerprint density at radius 2 is 1.95 bits per heavy atom. The first-order valence-corrected chi connectivity index (χ1v) is 6.49. The Morgan fingerprint density at radius 3 is 2.47 bits per heavy atom. The number of oxazole rings is 1. The molecule has 0 radical (unpaired) electrons. The molecule has 1 aromatic rings. The predicted octanol–water partition coefficient (Wildman–Crippen LogP) is 1.02. The first-order chi connectivity index (χ1) is 9.02. The normalized spacial score (nSPS) is 16.0. The Morgan fingerprint density at radius 1 is 1.32 bits per heavy atom. The summed E-state index contributed by atoms with van der Waals surface area (Å²) in [5.74, 6) is 0.869. The van der Waals surface area contributed by atoms with E-state index in [0.29, 0.717) is 43.5 Å². The molecule has 104 valence electrons. The van der Waals surface area contributed by atoms with Gasteiger partial charge in [0.25, 0.3) is 5.91 Å². The first kappa shape index (κ1) is 13.6. The third-order valence-electron chi connectivity index (χ3n) is 3.25. The van der Waals surface area contributed by atoms with Gasteiger partial charge in [-0.3, -0.25) is 9.59 Å². The zero-order chi connectivity index (χ0) is 14.0. The molecule has 1 fully saturated rings. The number of hydrogen-bond acceptors (Lipinski definition) is 4. The number of rotatable bonds is 3. The molecular weight excluding hydrogens is 246 g/mol. The molecule has 0 bridgehead atoms. The number of hydrogen-bond donors (Lipinski definition) is 0. The Labute approximate surface area is 112 Å². The second-order valence-corrected chi connectivity index (χ2v) is 5.04. The lowest BCUT2D eigenvalue weighted by atomic mass is 10.1. The summed E-state index contributed by atoms with van der Waals surface area (Å²) >= 11 is 0. The number of carbonyl (C=O) groups excluding carboxylic acids is 2. The maximum atomic E-state index is 12.4. The molecule has 6 heteroatoms. The first-order valence-electron chi connectivity index (χ1n) is 6.49. The fourth-order valence-electron chi connectivity index (χ4n) is 2.16. The number of nitrogens with zero attached hydrogens (tertiary/aromatic N) is 3. The third kappa shape index (κ3) is 2.77. The second kappa shape index (κ2) is 5.42. The van der Waals surface area contributed by atoms with Crippen LogP contribution in [0.25, 0.3) is 0 Å². The highest BCUT2D eigenvalue weighted by Crippen LogP contribution is 2.21. The molecule has 0 aromatic carbocycles. The van der Waals surface area contributed by atoms with E-state index < -0.39 is 0 Å². The molecular formula is C13H19N3O3. The van der Waals surface area contributed by atoms with E-state index in [4.69, 9.17) is 4.42 Å². The van der Waals surface area contributed by atoms with Gasteiger partial charge in [0.15, 0.2) is 5.89 Å².